The molecule has 0 unspecified atom stereocenters. The molecule has 2 aromatic rings. The fourth-order valence-electron chi connectivity index (χ4n) is 4.49. The molecule has 1 N–H and O–H groups in total. The molecule has 3 heterocycles. The lowest BCUT2D eigenvalue weighted by Gasteiger charge is -2.35. The van der Waals surface area contributed by atoms with E-state index < -0.39 is 0 Å². The second kappa shape index (κ2) is 9.00. The van der Waals surface area contributed by atoms with Crippen molar-refractivity contribution in [1.29, 1.82) is 0 Å². The molecule has 1 aromatic heterocycles. The third-order valence-corrected chi connectivity index (χ3v) is 6.37. The van der Waals surface area contributed by atoms with Crippen LogP contribution in [-0.2, 0) is 4.79 Å². The van der Waals surface area contributed by atoms with E-state index in [2.05, 4.69) is 10.00 Å². The van der Waals surface area contributed by atoms with E-state index in [1.165, 1.54) is 4.68 Å². The predicted molar refractivity (Wildman–Crippen MR) is 116 cm³/mol. The normalized spacial score (nSPS) is 21.5. The first-order chi connectivity index (χ1) is 14.5. The van der Waals surface area contributed by atoms with Gasteiger partial charge in [0.25, 0.3) is 5.56 Å². The van der Waals surface area contributed by atoms with Crippen molar-refractivity contribution >= 4 is 11.6 Å². The second-order valence-corrected chi connectivity index (χ2v) is 8.43. The van der Waals surface area contributed by atoms with Crippen molar-refractivity contribution in [3.63, 3.8) is 0 Å². The smallest absolute Gasteiger partial charge is 0.269 e. The Kier molecular flexibility index (Phi) is 6.18. The first kappa shape index (κ1) is 20.6. The summed E-state index contributed by atoms with van der Waals surface area (Å²) in [6.07, 6.45) is 4.61. The SMILES string of the molecule is C[C@@H](C(=O)N1CCC[C@@H](n2ncc(N3CCC(O)CC3)cc2=O)C1)c1ccccc1. The number of carbonyl (C=O) groups excluding carboxylic acids is 1. The molecule has 0 bridgehead atoms. The van der Waals surface area contributed by atoms with Crippen LogP contribution in [0.15, 0.2) is 47.4 Å². The van der Waals surface area contributed by atoms with Crippen LogP contribution < -0.4 is 10.5 Å². The van der Waals surface area contributed by atoms with Gasteiger partial charge in [-0.05, 0) is 38.2 Å². The van der Waals surface area contributed by atoms with Crippen LogP contribution in [0.1, 0.15) is 50.1 Å². The Morgan fingerprint density at radius 3 is 2.57 bits per heavy atom. The number of anilines is 1. The van der Waals surface area contributed by atoms with Crippen molar-refractivity contribution in [2.45, 2.75) is 50.7 Å². The summed E-state index contributed by atoms with van der Waals surface area (Å²) in [6, 6.07) is 11.3. The molecule has 30 heavy (non-hydrogen) atoms. The van der Waals surface area contributed by atoms with Crippen LogP contribution in [0.2, 0.25) is 0 Å². The largest absolute Gasteiger partial charge is 0.393 e. The average molecular weight is 411 g/mol. The average Bonchev–Trinajstić information content (AvgIpc) is 2.79. The number of likely N-dealkylation sites (tertiary alicyclic amines) is 1. The Balaban J connectivity index is 1.45. The highest BCUT2D eigenvalue weighted by molar-refractivity contribution is 5.83. The van der Waals surface area contributed by atoms with Gasteiger partial charge in [0.2, 0.25) is 5.91 Å². The van der Waals surface area contributed by atoms with Gasteiger partial charge in [-0.2, -0.15) is 5.10 Å². The minimum Gasteiger partial charge on any atom is -0.393 e. The van der Waals surface area contributed by atoms with Crippen molar-refractivity contribution in [1.82, 2.24) is 14.7 Å². The van der Waals surface area contributed by atoms with Crippen molar-refractivity contribution < 1.29 is 9.90 Å². The zero-order chi connectivity index (χ0) is 21.1. The van der Waals surface area contributed by atoms with Gasteiger partial charge in [-0.3, -0.25) is 9.59 Å². The van der Waals surface area contributed by atoms with E-state index in [1.807, 2.05) is 42.2 Å². The lowest BCUT2D eigenvalue weighted by atomic mass is 9.97. The topological polar surface area (TPSA) is 78.7 Å². The van der Waals surface area contributed by atoms with E-state index in [4.69, 9.17) is 0 Å². The highest BCUT2D eigenvalue weighted by Crippen LogP contribution is 2.25. The Hall–Kier alpha value is -2.67. The summed E-state index contributed by atoms with van der Waals surface area (Å²) < 4.78 is 1.54. The third-order valence-electron chi connectivity index (χ3n) is 6.37. The third kappa shape index (κ3) is 4.41. The molecule has 2 fully saturated rings. The number of amides is 1. The van der Waals surface area contributed by atoms with E-state index in [0.29, 0.717) is 19.4 Å². The standard InChI is InChI=1S/C23H30N4O3/c1-17(18-6-3-2-4-7-18)23(30)26-11-5-8-19(16-26)27-22(29)14-20(15-24-27)25-12-9-21(28)10-13-25/h2-4,6-7,14-15,17,19,21,28H,5,8-13,16H2,1H3/t17-,19-/m1/s1. The fourth-order valence-corrected chi connectivity index (χ4v) is 4.49. The van der Waals surface area contributed by atoms with Gasteiger partial charge in [0.1, 0.15) is 0 Å². The van der Waals surface area contributed by atoms with E-state index in [-0.39, 0.29) is 29.5 Å². The van der Waals surface area contributed by atoms with Crippen LogP contribution in [0.5, 0.6) is 0 Å². The molecule has 2 saturated heterocycles. The van der Waals surface area contributed by atoms with Crippen molar-refractivity contribution in [2.24, 2.45) is 0 Å². The molecule has 160 valence electrons. The van der Waals surface area contributed by atoms with Crippen LogP contribution in [-0.4, -0.2) is 58.0 Å². The van der Waals surface area contributed by atoms with Gasteiger partial charge in [0, 0.05) is 32.2 Å². The molecule has 2 aliphatic heterocycles. The number of benzene rings is 1. The van der Waals surface area contributed by atoms with Crippen LogP contribution in [0.25, 0.3) is 0 Å². The van der Waals surface area contributed by atoms with E-state index in [1.54, 1.807) is 12.3 Å². The second-order valence-electron chi connectivity index (χ2n) is 8.43. The first-order valence-corrected chi connectivity index (χ1v) is 10.9. The number of carbonyl (C=O) groups is 1. The molecule has 2 atom stereocenters. The minimum atomic E-state index is -0.251. The molecule has 0 radical (unpaired) electrons. The highest BCUT2D eigenvalue weighted by Gasteiger charge is 2.29. The van der Waals surface area contributed by atoms with Crippen LogP contribution in [0, 0.1) is 0 Å². The first-order valence-electron chi connectivity index (χ1n) is 10.9. The molecular formula is C23H30N4O3. The molecule has 4 rings (SSSR count). The van der Waals surface area contributed by atoms with Gasteiger partial charge in [-0.25, -0.2) is 4.68 Å². The van der Waals surface area contributed by atoms with Gasteiger partial charge in [-0.15, -0.1) is 0 Å². The highest BCUT2D eigenvalue weighted by atomic mass is 16.3. The number of rotatable bonds is 4. The monoisotopic (exact) mass is 410 g/mol. The summed E-state index contributed by atoms with van der Waals surface area (Å²) in [5.74, 6) is -0.103. The number of aliphatic hydroxyl groups excluding tert-OH is 1. The number of nitrogens with zero attached hydrogens (tertiary/aromatic N) is 4. The van der Waals surface area contributed by atoms with Crippen LogP contribution >= 0.6 is 0 Å². The maximum Gasteiger partial charge on any atom is 0.269 e. The lowest BCUT2D eigenvalue weighted by molar-refractivity contribution is -0.134. The molecule has 0 saturated carbocycles. The van der Waals surface area contributed by atoms with Crippen LogP contribution in [0.3, 0.4) is 0 Å². The van der Waals surface area contributed by atoms with Gasteiger partial charge in [0.15, 0.2) is 0 Å². The Morgan fingerprint density at radius 1 is 1.13 bits per heavy atom. The van der Waals surface area contributed by atoms with Crippen molar-refractivity contribution in [3.05, 3.63) is 58.5 Å². The zero-order valence-electron chi connectivity index (χ0n) is 17.5. The fraction of sp³-hybridized carbons (Fsp3) is 0.522. The molecule has 1 aromatic carbocycles. The maximum atomic E-state index is 13.0. The molecule has 0 spiro atoms. The summed E-state index contributed by atoms with van der Waals surface area (Å²) in [7, 11) is 0. The quantitative estimate of drug-likeness (QED) is 0.836. The van der Waals surface area contributed by atoms with Gasteiger partial charge < -0.3 is 14.9 Å². The van der Waals surface area contributed by atoms with Crippen molar-refractivity contribution in [3.8, 4) is 0 Å². The molecular weight excluding hydrogens is 380 g/mol. The number of piperidine rings is 2. The molecule has 0 aliphatic carbocycles. The lowest BCUT2D eigenvalue weighted by Crippen LogP contribution is -2.45. The van der Waals surface area contributed by atoms with Gasteiger partial charge >= 0.3 is 0 Å². The van der Waals surface area contributed by atoms with Gasteiger partial charge in [0.05, 0.1) is 29.9 Å². The summed E-state index contributed by atoms with van der Waals surface area (Å²) >= 11 is 0. The Bertz CT molecular complexity index is 922. The number of aromatic nitrogens is 2. The Labute approximate surface area is 176 Å². The molecule has 7 heteroatoms. The zero-order valence-corrected chi connectivity index (χ0v) is 17.5. The number of aliphatic hydroxyl groups is 1. The van der Waals surface area contributed by atoms with E-state index >= 15 is 0 Å². The van der Waals surface area contributed by atoms with Gasteiger partial charge in [-0.1, -0.05) is 30.3 Å². The Morgan fingerprint density at radius 2 is 1.87 bits per heavy atom. The van der Waals surface area contributed by atoms with E-state index in [9.17, 15) is 14.7 Å². The number of hydrogen-bond acceptors (Lipinski definition) is 5. The molecule has 1 amide bonds. The summed E-state index contributed by atoms with van der Waals surface area (Å²) in [4.78, 5) is 29.8. The summed E-state index contributed by atoms with van der Waals surface area (Å²) in [6.45, 7) is 4.63. The van der Waals surface area contributed by atoms with Crippen LogP contribution in [0.4, 0.5) is 5.69 Å². The van der Waals surface area contributed by atoms with Crippen molar-refractivity contribution in [2.75, 3.05) is 31.1 Å². The number of hydrogen-bond donors (Lipinski definition) is 1. The molecule has 7 nitrogen and oxygen atoms in total. The summed E-state index contributed by atoms with van der Waals surface area (Å²) in [5, 5.41) is 14.1. The predicted octanol–water partition coefficient (Wildman–Crippen LogP) is 2.17. The summed E-state index contributed by atoms with van der Waals surface area (Å²) in [5.41, 5.74) is 1.69. The molecule has 2 aliphatic rings. The maximum absolute atomic E-state index is 13.0. The minimum absolute atomic E-state index is 0.0995. The van der Waals surface area contributed by atoms with E-state index in [0.717, 1.165) is 43.7 Å².